The zero-order valence-corrected chi connectivity index (χ0v) is 14.6. The first-order valence-corrected chi connectivity index (χ1v) is 8.45. The number of nitrogens with zero attached hydrogens (tertiary/aromatic N) is 1. The minimum Gasteiger partial charge on any atom is -0.385 e. The normalized spacial score (nSPS) is 12.5. The van der Waals surface area contributed by atoms with Gasteiger partial charge >= 0.3 is 0 Å². The number of aliphatic imine (C=N–C) groups is 1. The van der Waals surface area contributed by atoms with E-state index in [-0.39, 0.29) is 5.41 Å². The van der Waals surface area contributed by atoms with E-state index in [0.29, 0.717) is 0 Å². The van der Waals surface area contributed by atoms with Gasteiger partial charge in [0.05, 0.1) is 0 Å². The Morgan fingerprint density at radius 1 is 1.29 bits per heavy atom. The molecular weight excluding hydrogens is 282 g/mol. The molecular formula is C16H29N3OS. The van der Waals surface area contributed by atoms with Crippen molar-refractivity contribution in [1.29, 1.82) is 0 Å². The number of methoxy groups -OCH3 is 1. The first-order valence-electron chi connectivity index (χ1n) is 7.57. The molecule has 1 aromatic rings. The highest BCUT2D eigenvalue weighted by Crippen LogP contribution is 2.26. The van der Waals surface area contributed by atoms with Gasteiger partial charge in [-0.05, 0) is 30.7 Å². The van der Waals surface area contributed by atoms with Crippen molar-refractivity contribution in [2.45, 2.75) is 38.5 Å². The Labute approximate surface area is 133 Å². The fraction of sp³-hybridized carbons (Fsp3) is 0.688. The maximum Gasteiger partial charge on any atom is 0.191 e. The molecule has 0 saturated carbocycles. The number of hydrogen-bond acceptors (Lipinski definition) is 3. The molecule has 0 aliphatic heterocycles. The van der Waals surface area contributed by atoms with Crippen LogP contribution in [0.25, 0.3) is 0 Å². The predicted molar refractivity (Wildman–Crippen MR) is 92.4 cm³/mol. The lowest BCUT2D eigenvalue weighted by molar-refractivity contribution is 0.192. The molecule has 21 heavy (non-hydrogen) atoms. The smallest absolute Gasteiger partial charge is 0.191 e. The third kappa shape index (κ3) is 6.96. The molecule has 0 aliphatic carbocycles. The van der Waals surface area contributed by atoms with Gasteiger partial charge in [0.15, 0.2) is 5.96 Å². The van der Waals surface area contributed by atoms with E-state index >= 15 is 0 Å². The van der Waals surface area contributed by atoms with Gasteiger partial charge in [0.2, 0.25) is 0 Å². The van der Waals surface area contributed by atoms with Crippen LogP contribution in [0.4, 0.5) is 0 Å². The second kappa shape index (κ2) is 9.79. The molecule has 5 heteroatoms. The Balaban J connectivity index is 2.25. The molecule has 1 heterocycles. The quantitative estimate of drug-likeness (QED) is 0.419. The molecule has 0 atom stereocenters. The zero-order valence-electron chi connectivity index (χ0n) is 13.7. The largest absolute Gasteiger partial charge is 0.385 e. The third-order valence-electron chi connectivity index (χ3n) is 3.43. The molecule has 1 aromatic heterocycles. The second-order valence-electron chi connectivity index (χ2n) is 5.77. The fourth-order valence-electron chi connectivity index (χ4n) is 2.03. The molecule has 1 rings (SSSR count). The summed E-state index contributed by atoms with van der Waals surface area (Å²) in [7, 11) is 3.57. The van der Waals surface area contributed by atoms with Crippen molar-refractivity contribution >= 4 is 17.3 Å². The second-order valence-corrected chi connectivity index (χ2v) is 6.71. The number of guanidine groups is 1. The summed E-state index contributed by atoms with van der Waals surface area (Å²) in [6, 6.07) is 4.30. The number of unbranched alkanes of at least 4 members (excludes halogenated alkanes) is 2. The van der Waals surface area contributed by atoms with Gasteiger partial charge in [-0.3, -0.25) is 4.99 Å². The van der Waals surface area contributed by atoms with E-state index in [9.17, 15) is 0 Å². The van der Waals surface area contributed by atoms with Crippen molar-refractivity contribution in [3.8, 4) is 0 Å². The van der Waals surface area contributed by atoms with Crippen molar-refractivity contribution < 1.29 is 4.74 Å². The molecule has 0 radical (unpaired) electrons. The Kier molecular flexibility index (Phi) is 8.38. The fourth-order valence-corrected chi connectivity index (χ4v) is 2.88. The van der Waals surface area contributed by atoms with Gasteiger partial charge in [0, 0.05) is 44.1 Å². The number of nitrogens with one attached hydrogen (secondary N) is 2. The summed E-state index contributed by atoms with van der Waals surface area (Å²) in [5.41, 5.74) is 0.115. The van der Waals surface area contributed by atoms with Crippen LogP contribution in [-0.2, 0) is 10.2 Å². The average Bonchev–Trinajstić information content (AvgIpc) is 3.01. The van der Waals surface area contributed by atoms with Crippen LogP contribution in [-0.4, -0.2) is 39.8 Å². The van der Waals surface area contributed by atoms with Crippen LogP contribution in [0, 0.1) is 0 Å². The third-order valence-corrected chi connectivity index (χ3v) is 4.66. The van der Waals surface area contributed by atoms with Crippen LogP contribution >= 0.6 is 11.3 Å². The maximum absolute atomic E-state index is 5.05. The van der Waals surface area contributed by atoms with Crippen molar-refractivity contribution in [2.24, 2.45) is 4.99 Å². The first-order chi connectivity index (χ1) is 10.1. The maximum atomic E-state index is 5.05. The van der Waals surface area contributed by atoms with Gasteiger partial charge in [0.25, 0.3) is 0 Å². The lowest BCUT2D eigenvalue weighted by atomic mass is 9.91. The van der Waals surface area contributed by atoms with Crippen molar-refractivity contribution in [3.63, 3.8) is 0 Å². The summed E-state index contributed by atoms with van der Waals surface area (Å²) in [6.07, 6.45) is 3.44. The van der Waals surface area contributed by atoms with E-state index in [2.05, 4.69) is 47.0 Å². The molecule has 0 unspecified atom stereocenters. The van der Waals surface area contributed by atoms with Gasteiger partial charge in [-0.15, -0.1) is 11.3 Å². The predicted octanol–water partition coefficient (Wildman–Crippen LogP) is 3.01. The highest BCUT2D eigenvalue weighted by atomic mass is 32.1. The van der Waals surface area contributed by atoms with E-state index < -0.39 is 0 Å². The summed E-state index contributed by atoms with van der Waals surface area (Å²) in [4.78, 5) is 5.67. The molecule has 4 nitrogen and oxygen atoms in total. The first kappa shape index (κ1) is 18.0. The van der Waals surface area contributed by atoms with Gasteiger partial charge in [-0.1, -0.05) is 19.9 Å². The summed E-state index contributed by atoms with van der Waals surface area (Å²) in [5, 5.41) is 8.92. The molecule has 0 aliphatic rings. The Hall–Kier alpha value is -1.07. The van der Waals surface area contributed by atoms with E-state index in [4.69, 9.17) is 4.74 Å². The summed E-state index contributed by atoms with van der Waals surface area (Å²) in [6.45, 7) is 7.18. The summed E-state index contributed by atoms with van der Waals surface area (Å²) < 4.78 is 5.05. The molecule has 120 valence electrons. The Morgan fingerprint density at radius 3 is 2.71 bits per heavy atom. The van der Waals surface area contributed by atoms with Gasteiger partial charge in [-0.2, -0.15) is 0 Å². The molecule has 0 bridgehead atoms. The van der Waals surface area contributed by atoms with Crippen molar-refractivity contribution in [2.75, 3.05) is 33.9 Å². The molecule has 2 N–H and O–H groups in total. The highest BCUT2D eigenvalue weighted by Gasteiger charge is 2.21. The van der Waals surface area contributed by atoms with Crippen LogP contribution in [0.2, 0.25) is 0 Å². The standard InChI is InChI=1S/C16H29N3OS/c1-16(2,14-9-8-12-21-14)13-19-15(17-3)18-10-6-5-7-11-20-4/h8-9,12H,5-7,10-11,13H2,1-4H3,(H2,17,18,19). The molecule has 0 spiro atoms. The molecule has 0 fully saturated rings. The van der Waals surface area contributed by atoms with Crippen LogP contribution < -0.4 is 10.6 Å². The summed E-state index contributed by atoms with van der Waals surface area (Å²) in [5.74, 6) is 0.881. The zero-order chi connectivity index (χ0) is 15.6. The topological polar surface area (TPSA) is 45.7 Å². The van der Waals surface area contributed by atoms with E-state index in [1.54, 1.807) is 18.4 Å². The highest BCUT2D eigenvalue weighted by molar-refractivity contribution is 7.10. The van der Waals surface area contributed by atoms with Gasteiger partial charge in [-0.25, -0.2) is 0 Å². The van der Waals surface area contributed by atoms with Crippen molar-refractivity contribution in [1.82, 2.24) is 10.6 Å². The lowest BCUT2D eigenvalue weighted by Gasteiger charge is -2.25. The Bertz CT molecular complexity index is 402. The molecule has 0 aromatic carbocycles. The van der Waals surface area contributed by atoms with Crippen LogP contribution in [0.1, 0.15) is 38.0 Å². The number of ether oxygens (including phenoxy) is 1. The SMILES string of the molecule is CN=C(NCCCCCOC)NCC(C)(C)c1cccs1. The van der Waals surface area contributed by atoms with Crippen LogP contribution in [0.5, 0.6) is 0 Å². The average molecular weight is 311 g/mol. The van der Waals surface area contributed by atoms with E-state index in [0.717, 1.165) is 38.5 Å². The monoisotopic (exact) mass is 311 g/mol. The van der Waals surface area contributed by atoms with Gasteiger partial charge < -0.3 is 15.4 Å². The minimum absolute atomic E-state index is 0.115. The lowest BCUT2D eigenvalue weighted by Crippen LogP contribution is -2.43. The Morgan fingerprint density at radius 2 is 2.10 bits per heavy atom. The number of rotatable bonds is 9. The minimum atomic E-state index is 0.115. The van der Waals surface area contributed by atoms with E-state index in [1.807, 2.05) is 7.05 Å². The van der Waals surface area contributed by atoms with Crippen molar-refractivity contribution in [3.05, 3.63) is 22.4 Å². The number of hydrogen-bond donors (Lipinski definition) is 2. The van der Waals surface area contributed by atoms with Gasteiger partial charge in [0.1, 0.15) is 0 Å². The summed E-state index contributed by atoms with van der Waals surface area (Å²) >= 11 is 1.81. The van der Waals surface area contributed by atoms with Crippen LogP contribution in [0.3, 0.4) is 0 Å². The van der Waals surface area contributed by atoms with E-state index in [1.165, 1.54) is 11.3 Å². The number of thiophene rings is 1. The molecule has 0 saturated heterocycles. The molecule has 0 amide bonds. The van der Waals surface area contributed by atoms with Crippen LogP contribution in [0.15, 0.2) is 22.5 Å².